The maximum Gasteiger partial charge on any atom is 0.251 e. The molecule has 2 N–H and O–H groups in total. The van der Waals surface area contributed by atoms with Crippen LogP contribution >= 0.6 is 11.8 Å². The smallest absolute Gasteiger partial charge is 0.251 e. The summed E-state index contributed by atoms with van der Waals surface area (Å²) in [5.74, 6) is 0.293. The highest BCUT2D eigenvalue weighted by Crippen LogP contribution is 2.34. The van der Waals surface area contributed by atoms with Gasteiger partial charge in [-0.05, 0) is 63.2 Å². The zero-order valence-corrected chi connectivity index (χ0v) is 17.4. The van der Waals surface area contributed by atoms with Gasteiger partial charge in [0.2, 0.25) is 0 Å². The van der Waals surface area contributed by atoms with Gasteiger partial charge in [0.15, 0.2) is 15.0 Å². The fourth-order valence-corrected chi connectivity index (χ4v) is 7.53. The molecule has 9 heteroatoms. The number of benzene rings is 1. The fourth-order valence-electron chi connectivity index (χ4n) is 3.86. The Hall–Kier alpha value is -1.58. The van der Waals surface area contributed by atoms with Crippen LogP contribution in [0.1, 0.15) is 29.6 Å². The number of nitrogens with one attached hydrogen (secondary N) is 2. The first-order chi connectivity index (χ1) is 13.5. The Morgan fingerprint density at radius 3 is 2.64 bits per heavy atom. The average molecular weight is 423 g/mol. The number of thioether (sulfide) groups is 1. The van der Waals surface area contributed by atoms with Crippen LogP contribution in [0.15, 0.2) is 29.3 Å². The monoisotopic (exact) mass is 422 g/mol. The second-order valence-corrected chi connectivity index (χ2v) is 11.0. The standard InChI is InChI=1S/C19H26N4O3S2/c24-18(20-8-3-11-23-9-1-2-10-23)14-4-6-15(7-5-14)21-19-22-16-12-28(25,26)13-17(16)27-19/h4-7,16-17H,1-3,8-13H2,(H,20,24)(H,21,22)/t16-,17+/m1/s1. The van der Waals surface area contributed by atoms with E-state index in [1.165, 1.54) is 37.7 Å². The number of aliphatic imine (C=N–C) groups is 1. The molecule has 2 fully saturated rings. The molecule has 0 aromatic heterocycles. The Balaban J connectivity index is 1.23. The third-order valence-electron chi connectivity index (χ3n) is 5.35. The number of nitrogens with zero attached hydrogens (tertiary/aromatic N) is 2. The van der Waals surface area contributed by atoms with Crippen molar-refractivity contribution in [3.8, 4) is 0 Å². The van der Waals surface area contributed by atoms with Crippen LogP contribution in [0.5, 0.6) is 0 Å². The highest BCUT2D eigenvalue weighted by atomic mass is 32.2. The Morgan fingerprint density at radius 1 is 1.18 bits per heavy atom. The molecule has 0 spiro atoms. The highest BCUT2D eigenvalue weighted by Gasteiger charge is 2.42. The maximum atomic E-state index is 12.3. The molecule has 0 bridgehead atoms. The van der Waals surface area contributed by atoms with Crippen molar-refractivity contribution in [2.75, 3.05) is 43.0 Å². The van der Waals surface area contributed by atoms with Crippen LogP contribution in [-0.4, -0.2) is 73.4 Å². The average Bonchev–Trinajstić information content (AvgIpc) is 3.34. The third-order valence-corrected chi connectivity index (χ3v) is 8.49. The van der Waals surface area contributed by atoms with E-state index in [0.29, 0.717) is 12.1 Å². The number of anilines is 1. The lowest BCUT2D eigenvalue weighted by molar-refractivity contribution is 0.0952. The number of sulfone groups is 1. The third kappa shape index (κ3) is 4.87. The van der Waals surface area contributed by atoms with Crippen LogP contribution < -0.4 is 10.6 Å². The second-order valence-electron chi connectivity index (χ2n) is 7.60. The Morgan fingerprint density at radius 2 is 1.93 bits per heavy atom. The summed E-state index contributed by atoms with van der Waals surface area (Å²) in [6, 6.07) is 7.16. The van der Waals surface area contributed by atoms with Crippen molar-refractivity contribution in [2.24, 2.45) is 4.99 Å². The molecular formula is C19H26N4O3S2. The first-order valence-electron chi connectivity index (χ1n) is 9.81. The molecule has 152 valence electrons. The fraction of sp³-hybridized carbons (Fsp3) is 0.579. The molecule has 28 heavy (non-hydrogen) atoms. The molecule has 0 radical (unpaired) electrons. The molecule has 3 aliphatic heterocycles. The first-order valence-corrected chi connectivity index (χ1v) is 12.5. The first kappa shape index (κ1) is 19.7. The van der Waals surface area contributed by atoms with E-state index in [4.69, 9.17) is 0 Å². The number of amides is 1. The summed E-state index contributed by atoms with van der Waals surface area (Å²) in [5.41, 5.74) is 1.48. The van der Waals surface area contributed by atoms with Gasteiger partial charge in [0.05, 0.1) is 17.5 Å². The zero-order valence-electron chi connectivity index (χ0n) is 15.8. The van der Waals surface area contributed by atoms with Gasteiger partial charge in [-0.1, -0.05) is 11.8 Å². The van der Waals surface area contributed by atoms with Crippen molar-refractivity contribution in [1.82, 2.24) is 10.2 Å². The number of carbonyl (C=O) groups excluding carboxylic acids is 1. The van der Waals surface area contributed by atoms with Crippen molar-refractivity contribution in [3.63, 3.8) is 0 Å². The van der Waals surface area contributed by atoms with Gasteiger partial charge < -0.3 is 15.5 Å². The van der Waals surface area contributed by atoms with Gasteiger partial charge in [-0.25, -0.2) is 8.42 Å². The summed E-state index contributed by atoms with van der Waals surface area (Å²) in [6.07, 6.45) is 3.55. The molecular weight excluding hydrogens is 396 g/mol. The summed E-state index contributed by atoms with van der Waals surface area (Å²) < 4.78 is 23.3. The lowest BCUT2D eigenvalue weighted by atomic mass is 10.2. The summed E-state index contributed by atoms with van der Waals surface area (Å²) in [5, 5.41) is 6.99. The number of fused-ring (bicyclic) bond motifs is 1. The van der Waals surface area contributed by atoms with Crippen molar-refractivity contribution in [3.05, 3.63) is 29.8 Å². The molecule has 0 unspecified atom stereocenters. The minimum atomic E-state index is -2.93. The topological polar surface area (TPSA) is 90.9 Å². The number of amidine groups is 1. The SMILES string of the molecule is O=C(NCCCN1CCCC1)c1ccc(NC2=N[C@@H]3CS(=O)(=O)C[C@@H]3S2)cc1. The molecule has 7 nitrogen and oxygen atoms in total. The molecule has 4 rings (SSSR count). The molecule has 2 saturated heterocycles. The number of rotatable bonds is 6. The summed E-state index contributed by atoms with van der Waals surface area (Å²) >= 11 is 1.49. The van der Waals surface area contributed by atoms with E-state index in [1.54, 1.807) is 12.1 Å². The van der Waals surface area contributed by atoms with Gasteiger partial charge in [-0.3, -0.25) is 9.79 Å². The van der Waals surface area contributed by atoms with E-state index in [1.807, 2.05) is 12.1 Å². The van der Waals surface area contributed by atoms with E-state index < -0.39 is 9.84 Å². The van der Waals surface area contributed by atoms with Crippen LogP contribution in [0.3, 0.4) is 0 Å². The molecule has 3 heterocycles. The zero-order chi connectivity index (χ0) is 19.6. The minimum absolute atomic E-state index is 0.0260. The quantitative estimate of drug-likeness (QED) is 0.677. The highest BCUT2D eigenvalue weighted by molar-refractivity contribution is 8.15. The van der Waals surface area contributed by atoms with Crippen molar-refractivity contribution < 1.29 is 13.2 Å². The van der Waals surface area contributed by atoms with Gasteiger partial charge >= 0.3 is 0 Å². The predicted molar refractivity (Wildman–Crippen MR) is 114 cm³/mol. The van der Waals surface area contributed by atoms with Crippen LogP contribution in [0.2, 0.25) is 0 Å². The van der Waals surface area contributed by atoms with E-state index in [2.05, 4.69) is 20.5 Å². The van der Waals surface area contributed by atoms with E-state index in [9.17, 15) is 13.2 Å². The van der Waals surface area contributed by atoms with Crippen LogP contribution in [0.25, 0.3) is 0 Å². The second kappa shape index (κ2) is 8.42. The summed E-state index contributed by atoms with van der Waals surface area (Å²) in [6.45, 7) is 4.10. The number of likely N-dealkylation sites (tertiary alicyclic amines) is 1. The van der Waals surface area contributed by atoms with E-state index in [-0.39, 0.29) is 28.7 Å². The maximum absolute atomic E-state index is 12.3. The van der Waals surface area contributed by atoms with Gasteiger partial charge in [0.1, 0.15) is 0 Å². The lowest BCUT2D eigenvalue weighted by Crippen LogP contribution is -2.28. The molecule has 2 atom stereocenters. The minimum Gasteiger partial charge on any atom is -0.352 e. The van der Waals surface area contributed by atoms with E-state index in [0.717, 1.165) is 23.8 Å². The van der Waals surface area contributed by atoms with Gasteiger partial charge in [-0.15, -0.1) is 0 Å². The molecule has 0 aliphatic carbocycles. The van der Waals surface area contributed by atoms with Crippen LogP contribution in [-0.2, 0) is 9.84 Å². The predicted octanol–water partition coefficient (Wildman–Crippen LogP) is 1.58. The Bertz CT molecular complexity index is 848. The normalized spacial score (nSPS) is 26.1. The van der Waals surface area contributed by atoms with Gasteiger partial charge in [0.25, 0.3) is 5.91 Å². The Kier molecular flexibility index (Phi) is 5.93. The Labute approximate surface area is 170 Å². The lowest BCUT2D eigenvalue weighted by Gasteiger charge is -2.14. The molecule has 1 aromatic rings. The van der Waals surface area contributed by atoms with E-state index >= 15 is 0 Å². The molecule has 1 aromatic carbocycles. The largest absolute Gasteiger partial charge is 0.352 e. The van der Waals surface area contributed by atoms with Crippen LogP contribution in [0, 0.1) is 0 Å². The van der Waals surface area contributed by atoms with Crippen LogP contribution in [0.4, 0.5) is 5.69 Å². The summed E-state index contributed by atoms with van der Waals surface area (Å²) in [4.78, 5) is 19.2. The number of carbonyl (C=O) groups is 1. The molecule has 0 saturated carbocycles. The number of hydrogen-bond donors (Lipinski definition) is 2. The van der Waals surface area contributed by atoms with Gasteiger partial charge in [-0.2, -0.15) is 0 Å². The van der Waals surface area contributed by atoms with Crippen molar-refractivity contribution in [1.29, 1.82) is 0 Å². The van der Waals surface area contributed by atoms with Crippen molar-refractivity contribution >= 4 is 38.4 Å². The van der Waals surface area contributed by atoms with Crippen molar-refractivity contribution in [2.45, 2.75) is 30.6 Å². The molecule has 3 aliphatic rings. The molecule has 1 amide bonds. The summed E-state index contributed by atoms with van der Waals surface area (Å²) in [7, 11) is -2.93. The van der Waals surface area contributed by atoms with Gasteiger partial charge in [0, 0.05) is 23.0 Å². The number of hydrogen-bond acceptors (Lipinski definition) is 7.